The molecule has 0 amide bonds. The van der Waals surface area contributed by atoms with E-state index in [0.717, 1.165) is 5.82 Å². The zero-order valence-corrected chi connectivity index (χ0v) is 13.7. The van der Waals surface area contributed by atoms with Crippen molar-refractivity contribution in [1.29, 1.82) is 0 Å². The number of rotatable bonds is 4. The topological polar surface area (TPSA) is 62.7 Å². The van der Waals surface area contributed by atoms with Crippen LogP contribution in [0, 0.1) is 0 Å². The van der Waals surface area contributed by atoms with E-state index >= 15 is 0 Å². The number of sulfonamides is 1. The maximum absolute atomic E-state index is 12.7. The molecule has 122 valence electrons. The van der Waals surface area contributed by atoms with Crippen LogP contribution in [-0.2, 0) is 10.0 Å². The van der Waals surface area contributed by atoms with Gasteiger partial charge in [-0.2, -0.15) is 4.31 Å². The van der Waals surface area contributed by atoms with Gasteiger partial charge in [0, 0.05) is 32.4 Å². The van der Waals surface area contributed by atoms with Crippen LogP contribution < -0.4 is 9.64 Å². The summed E-state index contributed by atoms with van der Waals surface area (Å²) in [6.07, 6.45) is 1.75. The smallest absolute Gasteiger partial charge is 0.243 e. The number of benzene rings is 1. The van der Waals surface area contributed by atoms with Crippen molar-refractivity contribution < 1.29 is 13.2 Å². The Kier molecular flexibility index (Phi) is 4.49. The molecule has 1 aliphatic rings. The molecule has 7 heteroatoms. The fraction of sp³-hybridized carbons (Fsp3) is 0.312. The number of pyridine rings is 1. The van der Waals surface area contributed by atoms with Gasteiger partial charge in [-0.15, -0.1) is 0 Å². The Labute approximate surface area is 136 Å². The SMILES string of the molecule is COc1ccc(S(=O)(=O)N2CCN(c3ccccn3)CC2)cc1. The van der Waals surface area contributed by atoms with Crippen molar-refractivity contribution in [2.45, 2.75) is 4.90 Å². The Bertz CT molecular complexity index is 740. The highest BCUT2D eigenvalue weighted by atomic mass is 32.2. The van der Waals surface area contributed by atoms with Crippen LogP contribution in [0.15, 0.2) is 53.6 Å². The van der Waals surface area contributed by atoms with E-state index in [1.54, 1.807) is 37.6 Å². The largest absolute Gasteiger partial charge is 0.497 e. The van der Waals surface area contributed by atoms with Gasteiger partial charge in [0.2, 0.25) is 10.0 Å². The second kappa shape index (κ2) is 6.55. The van der Waals surface area contributed by atoms with Gasteiger partial charge in [-0.1, -0.05) is 6.07 Å². The van der Waals surface area contributed by atoms with Crippen molar-refractivity contribution >= 4 is 15.8 Å². The van der Waals surface area contributed by atoms with Gasteiger partial charge < -0.3 is 9.64 Å². The first-order valence-electron chi connectivity index (χ1n) is 7.41. The summed E-state index contributed by atoms with van der Waals surface area (Å²) >= 11 is 0. The number of ether oxygens (including phenoxy) is 1. The minimum Gasteiger partial charge on any atom is -0.497 e. The van der Waals surface area contributed by atoms with E-state index in [1.165, 1.54) is 4.31 Å². The molecule has 0 N–H and O–H groups in total. The fourth-order valence-electron chi connectivity index (χ4n) is 2.60. The summed E-state index contributed by atoms with van der Waals surface area (Å²) in [4.78, 5) is 6.70. The van der Waals surface area contributed by atoms with Crippen LogP contribution in [0.4, 0.5) is 5.82 Å². The second-order valence-electron chi connectivity index (χ2n) is 5.25. The number of anilines is 1. The molecular weight excluding hydrogens is 314 g/mol. The lowest BCUT2D eigenvalue weighted by atomic mass is 10.3. The van der Waals surface area contributed by atoms with E-state index in [1.807, 2.05) is 18.2 Å². The van der Waals surface area contributed by atoms with Gasteiger partial charge in [-0.3, -0.25) is 0 Å². The number of nitrogens with zero attached hydrogens (tertiary/aromatic N) is 3. The van der Waals surface area contributed by atoms with E-state index in [2.05, 4.69) is 9.88 Å². The molecule has 1 aromatic heterocycles. The van der Waals surface area contributed by atoms with Gasteiger partial charge in [-0.25, -0.2) is 13.4 Å². The summed E-state index contributed by atoms with van der Waals surface area (Å²) in [6.45, 7) is 2.16. The van der Waals surface area contributed by atoms with Crippen LogP contribution in [0.1, 0.15) is 0 Å². The van der Waals surface area contributed by atoms with Gasteiger partial charge in [0.15, 0.2) is 0 Å². The highest BCUT2D eigenvalue weighted by Crippen LogP contribution is 2.21. The molecule has 0 radical (unpaired) electrons. The first-order valence-corrected chi connectivity index (χ1v) is 8.85. The van der Waals surface area contributed by atoms with E-state index in [0.29, 0.717) is 36.8 Å². The average molecular weight is 333 g/mol. The number of methoxy groups -OCH3 is 1. The summed E-state index contributed by atoms with van der Waals surface area (Å²) in [5.74, 6) is 1.53. The Morgan fingerprint density at radius 1 is 1.00 bits per heavy atom. The lowest BCUT2D eigenvalue weighted by molar-refractivity contribution is 0.383. The highest BCUT2D eigenvalue weighted by Gasteiger charge is 2.28. The van der Waals surface area contributed by atoms with Crippen LogP contribution >= 0.6 is 0 Å². The normalized spacial score (nSPS) is 16.3. The summed E-state index contributed by atoms with van der Waals surface area (Å²) in [7, 11) is -1.91. The zero-order chi connectivity index (χ0) is 16.3. The van der Waals surface area contributed by atoms with Crippen LogP contribution in [0.25, 0.3) is 0 Å². The van der Waals surface area contributed by atoms with Crippen LogP contribution in [-0.4, -0.2) is 51.0 Å². The molecule has 1 aliphatic heterocycles. The molecular formula is C16H19N3O3S. The van der Waals surface area contributed by atoms with Gasteiger partial charge in [0.1, 0.15) is 11.6 Å². The number of aromatic nitrogens is 1. The minimum atomic E-state index is -3.46. The lowest BCUT2D eigenvalue weighted by Crippen LogP contribution is -2.48. The third-order valence-corrected chi connectivity index (χ3v) is 5.82. The van der Waals surface area contributed by atoms with Gasteiger partial charge in [0.25, 0.3) is 0 Å². The second-order valence-corrected chi connectivity index (χ2v) is 7.19. The average Bonchev–Trinajstić information content (AvgIpc) is 2.62. The first-order chi connectivity index (χ1) is 11.1. The van der Waals surface area contributed by atoms with E-state index < -0.39 is 10.0 Å². The molecule has 6 nitrogen and oxygen atoms in total. The third kappa shape index (κ3) is 3.30. The molecule has 0 bridgehead atoms. The van der Waals surface area contributed by atoms with E-state index in [4.69, 9.17) is 4.74 Å². The molecule has 0 aliphatic carbocycles. The van der Waals surface area contributed by atoms with Crippen LogP contribution in [0.5, 0.6) is 5.75 Å². The quantitative estimate of drug-likeness (QED) is 0.850. The molecule has 3 rings (SSSR count). The molecule has 0 saturated carbocycles. The van der Waals surface area contributed by atoms with Gasteiger partial charge >= 0.3 is 0 Å². The van der Waals surface area contributed by atoms with Crippen molar-refractivity contribution in [3.05, 3.63) is 48.7 Å². The third-order valence-electron chi connectivity index (χ3n) is 3.91. The molecule has 1 aromatic carbocycles. The van der Waals surface area contributed by atoms with Crippen molar-refractivity contribution in [3.63, 3.8) is 0 Å². The van der Waals surface area contributed by atoms with Crippen molar-refractivity contribution in [3.8, 4) is 5.75 Å². The number of hydrogen-bond acceptors (Lipinski definition) is 5. The van der Waals surface area contributed by atoms with Crippen molar-refractivity contribution in [1.82, 2.24) is 9.29 Å². The summed E-state index contributed by atoms with van der Waals surface area (Å²) < 4.78 is 32.0. The molecule has 1 fully saturated rings. The standard InChI is InChI=1S/C16H19N3O3S/c1-22-14-5-7-15(8-6-14)23(20,21)19-12-10-18(11-13-19)16-4-2-3-9-17-16/h2-9H,10-13H2,1H3. The molecule has 0 unspecified atom stereocenters. The Morgan fingerprint density at radius 2 is 1.70 bits per heavy atom. The summed E-state index contributed by atoms with van der Waals surface area (Å²) in [5.41, 5.74) is 0. The van der Waals surface area contributed by atoms with Crippen molar-refractivity contribution in [2.75, 3.05) is 38.2 Å². The van der Waals surface area contributed by atoms with E-state index in [-0.39, 0.29) is 0 Å². The summed E-state index contributed by atoms with van der Waals surface area (Å²) in [5, 5.41) is 0. The summed E-state index contributed by atoms with van der Waals surface area (Å²) in [6, 6.07) is 12.2. The lowest BCUT2D eigenvalue weighted by Gasteiger charge is -2.34. The maximum atomic E-state index is 12.7. The van der Waals surface area contributed by atoms with Crippen molar-refractivity contribution in [2.24, 2.45) is 0 Å². The highest BCUT2D eigenvalue weighted by molar-refractivity contribution is 7.89. The minimum absolute atomic E-state index is 0.296. The molecule has 1 saturated heterocycles. The predicted octanol–water partition coefficient (Wildman–Crippen LogP) is 1.60. The fourth-order valence-corrected chi connectivity index (χ4v) is 4.02. The number of hydrogen-bond donors (Lipinski definition) is 0. The molecule has 0 spiro atoms. The Morgan fingerprint density at radius 3 is 2.26 bits per heavy atom. The molecule has 0 atom stereocenters. The molecule has 2 aromatic rings. The molecule has 2 heterocycles. The monoisotopic (exact) mass is 333 g/mol. The van der Waals surface area contributed by atoms with E-state index in [9.17, 15) is 8.42 Å². The van der Waals surface area contributed by atoms with Gasteiger partial charge in [0.05, 0.1) is 12.0 Å². The Hall–Kier alpha value is -2.12. The van der Waals surface area contributed by atoms with Gasteiger partial charge in [-0.05, 0) is 36.4 Å². The zero-order valence-electron chi connectivity index (χ0n) is 12.9. The number of piperazine rings is 1. The van der Waals surface area contributed by atoms with Crippen LogP contribution in [0.2, 0.25) is 0 Å². The van der Waals surface area contributed by atoms with Crippen LogP contribution in [0.3, 0.4) is 0 Å². The maximum Gasteiger partial charge on any atom is 0.243 e. The first kappa shape index (κ1) is 15.8. The predicted molar refractivity (Wildman–Crippen MR) is 88.2 cm³/mol. The molecule has 23 heavy (non-hydrogen) atoms. The Balaban J connectivity index is 1.70.